The number of carboxylic acid groups (broad SMARTS) is 2. The van der Waals surface area contributed by atoms with Gasteiger partial charge in [-0.3, -0.25) is 24.0 Å². The number of nitrogens with zero attached hydrogens (tertiary/aromatic N) is 1. The normalized spacial score (nSPS) is 19.1. The molecule has 0 spiro atoms. The van der Waals surface area contributed by atoms with Crippen LogP contribution >= 0.6 is 0 Å². The lowest BCUT2D eigenvalue weighted by atomic mass is 9.98. The van der Waals surface area contributed by atoms with Gasteiger partial charge in [-0.15, -0.1) is 0 Å². The molecule has 1 saturated heterocycles. The second kappa shape index (κ2) is 12.7. The van der Waals surface area contributed by atoms with Crippen LogP contribution in [0.5, 0.6) is 0 Å². The van der Waals surface area contributed by atoms with Crippen LogP contribution in [0.25, 0.3) is 0 Å². The van der Waals surface area contributed by atoms with E-state index in [4.69, 9.17) is 16.6 Å². The molecule has 4 amide bonds. The van der Waals surface area contributed by atoms with Crippen LogP contribution in [0.15, 0.2) is 0 Å². The Morgan fingerprint density at radius 1 is 1.12 bits per heavy atom. The molecule has 0 bridgehead atoms. The highest BCUT2D eigenvalue weighted by atomic mass is 16.4. The van der Waals surface area contributed by atoms with Crippen molar-refractivity contribution in [1.82, 2.24) is 15.5 Å². The second-order valence-electron chi connectivity index (χ2n) is 8.17. The van der Waals surface area contributed by atoms with Crippen LogP contribution in [0.1, 0.15) is 52.4 Å². The van der Waals surface area contributed by atoms with Gasteiger partial charge in [-0.2, -0.15) is 0 Å². The van der Waals surface area contributed by atoms with Crippen LogP contribution in [-0.2, 0) is 28.8 Å². The van der Waals surface area contributed by atoms with Gasteiger partial charge < -0.3 is 37.2 Å². The number of aliphatic carboxylic acids is 2. The van der Waals surface area contributed by atoms with Crippen molar-refractivity contribution in [2.75, 3.05) is 6.54 Å². The zero-order valence-electron chi connectivity index (χ0n) is 18.8. The largest absolute Gasteiger partial charge is 0.481 e. The number of carbonyl (C=O) groups excluding carboxylic acids is 4. The summed E-state index contributed by atoms with van der Waals surface area (Å²) in [7, 11) is 0. The van der Waals surface area contributed by atoms with Crippen LogP contribution in [0, 0.1) is 5.92 Å². The quantitative estimate of drug-likeness (QED) is 0.177. The van der Waals surface area contributed by atoms with Crippen molar-refractivity contribution < 1.29 is 39.0 Å². The molecule has 5 unspecified atom stereocenters. The SMILES string of the molecule is CCC(C)C(NC(=O)C(CC(=O)O)NC(=O)C1CCCN1C(=O)C(N)CCC(N)=O)C(=O)O. The van der Waals surface area contributed by atoms with Crippen LogP contribution < -0.4 is 22.1 Å². The molecule has 1 aliphatic heterocycles. The number of likely N-dealkylation sites (tertiary alicyclic amines) is 1. The van der Waals surface area contributed by atoms with E-state index in [0.29, 0.717) is 12.8 Å². The van der Waals surface area contributed by atoms with Gasteiger partial charge in [-0.05, 0) is 25.2 Å². The molecule has 0 saturated carbocycles. The molecule has 0 aromatic rings. The Hall–Kier alpha value is -3.22. The highest BCUT2D eigenvalue weighted by Gasteiger charge is 2.38. The van der Waals surface area contributed by atoms with Crippen molar-refractivity contribution in [1.29, 1.82) is 0 Å². The summed E-state index contributed by atoms with van der Waals surface area (Å²) in [5.41, 5.74) is 10.9. The summed E-state index contributed by atoms with van der Waals surface area (Å²) in [4.78, 5) is 73.0. The van der Waals surface area contributed by atoms with Gasteiger partial charge in [0.2, 0.25) is 23.6 Å². The molecule has 0 radical (unpaired) electrons. The standard InChI is InChI=1S/C20H33N5O8/c1-3-10(2)16(20(32)33)24-17(29)12(9-15(27)28)23-18(30)13-5-4-8-25(13)19(31)11(21)6-7-14(22)26/h10-13,16H,3-9,21H2,1-2H3,(H2,22,26)(H,23,30)(H,24,29)(H,27,28)(H,32,33). The first kappa shape index (κ1) is 27.8. The topological polar surface area (TPSA) is 222 Å². The van der Waals surface area contributed by atoms with Crippen molar-refractivity contribution in [3.05, 3.63) is 0 Å². The minimum atomic E-state index is -1.54. The van der Waals surface area contributed by atoms with E-state index in [1.165, 1.54) is 4.90 Å². The zero-order valence-corrected chi connectivity index (χ0v) is 18.8. The van der Waals surface area contributed by atoms with E-state index < -0.39 is 72.1 Å². The van der Waals surface area contributed by atoms with Crippen molar-refractivity contribution >= 4 is 35.6 Å². The number of rotatable bonds is 13. The summed E-state index contributed by atoms with van der Waals surface area (Å²) in [6.07, 6.45) is 0.337. The van der Waals surface area contributed by atoms with Gasteiger partial charge in [0.1, 0.15) is 18.1 Å². The zero-order chi connectivity index (χ0) is 25.3. The number of hydrogen-bond donors (Lipinski definition) is 6. The van der Waals surface area contributed by atoms with Crippen LogP contribution in [0.2, 0.25) is 0 Å². The fraction of sp³-hybridized carbons (Fsp3) is 0.700. The van der Waals surface area contributed by atoms with E-state index in [1.807, 2.05) is 0 Å². The van der Waals surface area contributed by atoms with E-state index >= 15 is 0 Å². The molecule has 13 heteroatoms. The van der Waals surface area contributed by atoms with Gasteiger partial charge in [0.25, 0.3) is 0 Å². The minimum absolute atomic E-state index is 0.00917. The fourth-order valence-corrected chi connectivity index (χ4v) is 3.53. The van der Waals surface area contributed by atoms with E-state index in [2.05, 4.69) is 10.6 Å². The maximum Gasteiger partial charge on any atom is 0.326 e. The van der Waals surface area contributed by atoms with E-state index in [1.54, 1.807) is 13.8 Å². The van der Waals surface area contributed by atoms with Crippen molar-refractivity contribution in [3.63, 3.8) is 0 Å². The monoisotopic (exact) mass is 471 g/mol. The predicted molar refractivity (Wildman–Crippen MR) is 114 cm³/mol. The lowest BCUT2D eigenvalue weighted by molar-refractivity contribution is -0.145. The Balaban J connectivity index is 2.93. The average molecular weight is 472 g/mol. The molecule has 13 nitrogen and oxygen atoms in total. The molecule has 186 valence electrons. The Bertz CT molecular complexity index is 774. The summed E-state index contributed by atoms with van der Waals surface area (Å²) in [6.45, 7) is 3.59. The number of carboxylic acids is 2. The van der Waals surface area contributed by atoms with Crippen LogP contribution in [0.4, 0.5) is 0 Å². The molecular formula is C20H33N5O8. The molecule has 33 heavy (non-hydrogen) atoms. The maximum atomic E-state index is 12.8. The highest BCUT2D eigenvalue weighted by molar-refractivity contribution is 5.96. The van der Waals surface area contributed by atoms with E-state index in [0.717, 1.165) is 0 Å². The van der Waals surface area contributed by atoms with Crippen molar-refractivity contribution in [3.8, 4) is 0 Å². The van der Waals surface area contributed by atoms with Gasteiger partial charge >= 0.3 is 11.9 Å². The minimum Gasteiger partial charge on any atom is -0.481 e. The maximum absolute atomic E-state index is 12.8. The highest BCUT2D eigenvalue weighted by Crippen LogP contribution is 2.19. The number of nitrogens with one attached hydrogen (secondary N) is 2. The average Bonchev–Trinajstić information content (AvgIpc) is 3.23. The van der Waals surface area contributed by atoms with Crippen LogP contribution in [0.3, 0.4) is 0 Å². The summed E-state index contributed by atoms with van der Waals surface area (Å²) < 4.78 is 0. The Morgan fingerprint density at radius 3 is 2.27 bits per heavy atom. The summed E-state index contributed by atoms with van der Waals surface area (Å²) in [6, 6.07) is -4.83. The van der Waals surface area contributed by atoms with Crippen molar-refractivity contribution in [2.24, 2.45) is 17.4 Å². The molecule has 1 fully saturated rings. The van der Waals surface area contributed by atoms with Crippen molar-refractivity contribution in [2.45, 2.75) is 76.5 Å². The van der Waals surface area contributed by atoms with Gasteiger partial charge in [-0.1, -0.05) is 20.3 Å². The molecule has 8 N–H and O–H groups in total. The number of hydrogen-bond acceptors (Lipinski definition) is 7. The summed E-state index contributed by atoms with van der Waals surface area (Å²) in [5, 5.41) is 23.1. The Morgan fingerprint density at radius 2 is 1.76 bits per heavy atom. The van der Waals surface area contributed by atoms with Gasteiger partial charge in [-0.25, -0.2) is 4.79 Å². The first-order valence-electron chi connectivity index (χ1n) is 10.8. The number of nitrogens with two attached hydrogens (primary N) is 2. The fourth-order valence-electron chi connectivity index (χ4n) is 3.53. The predicted octanol–water partition coefficient (Wildman–Crippen LogP) is -1.85. The molecule has 0 aliphatic carbocycles. The van der Waals surface area contributed by atoms with E-state index in [-0.39, 0.29) is 25.8 Å². The van der Waals surface area contributed by atoms with Crippen LogP contribution in [-0.4, -0.2) is 81.4 Å². The first-order chi connectivity index (χ1) is 15.4. The summed E-state index contributed by atoms with van der Waals surface area (Å²) >= 11 is 0. The van der Waals surface area contributed by atoms with Gasteiger partial charge in [0.15, 0.2) is 0 Å². The third-order valence-electron chi connectivity index (χ3n) is 5.65. The molecular weight excluding hydrogens is 438 g/mol. The lowest BCUT2D eigenvalue weighted by Crippen LogP contribution is -2.57. The Labute approximate surface area is 191 Å². The Kier molecular flexibility index (Phi) is 10.7. The van der Waals surface area contributed by atoms with E-state index in [9.17, 15) is 33.9 Å². The molecule has 0 aromatic heterocycles. The summed E-state index contributed by atoms with van der Waals surface area (Å²) in [5.74, 6) is -5.97. The third-order valence-corrected chi connectivity index (χ3v) is 5.65. The molecule has 5 atom stereocenters. The molecule has 1 aliphatic rings. The second-order valence-corrected chi connectivity index (χ2v) is 8.17. The lowest BCUT2D eigenvalue weighted by Gasteiger charge is -2.28. The third kappa shape index (κ3) is 8.33. The van der Waals surface area contributed by atoms with Gasteiger partial charge in [0, 0.05) is 13.0 Å². The first-order valence-corrected chi connectivity index (χ1v) is 10.8. The van der Waals surface area contributed by atoms with Gasteiger partial charge in [0.05, 0.1) is 12.5 Å². The number of carbonyl (C=O) groups is 6. The smallest absolute Gasteiger partial charge is 0.326 e. The molecule has 0 aromatic carbocycles. The number of primary amides is 1. The molecule has 1 rings (SSSR count). The molecule has 1 heterocycles. The number of amides is 4.